The number of likely N-dealkylation sites (tertiary alicyclic amines) is 1. The molecule has 13 nitrogen and oxygen atoms in total. The van der Waals surface area contributed by atoms with Gasteiger partial charge in [0.25, 0.3) is 11.8 Å². The SMILES string of the molecule is N=C1N[C@H]2[C@H](CN3C(=O)CCC3=O)NC(=N)N3CC(NC(=O)c4cccc5c4CCCC5(F)F)C(O)(O)C23N1. The van der Waals surface area contributed by atoms with Crippen molar-refractivity contribution in [3.8, 4) is 0 Å². The van der Waals surface area contributed by atoms with E-state index in [1.165, 1.54) is 23.1 Å². The quantitative estimate of drug-likeness (QED) is 0.163. The number of aliphatic hydroxyl groups is 2. The minimum atomic E-state index is -3.07. The Labute approximate surface area is 220 Å². The van der Waals surface area contributed by atoms with Crippen LogP contribution in [-0.4, -0.2) is 92.3 Å². The van der Waals surface area contributed by atoms with E-state index >= 15 is 0 Å². The third kappa shape index (κ3) is 3.52. The number of benzene rings is 1. The van der Waals surface area contributed by atoms with Gasteiger partial charge in [-0.15, -0.1) is 0 Å². The summed E-state index contributed by atoms with van der Waals surface area (Å²) in [4.78, 5) is 40.1. The summed E-state index contributed by atoms with van der Waals surface area (Å²) in [5.74, 6) is -7.98. The van der Waals surface area contributed by atoms with Crippen molar-refractivity contribution in [2.45, 2.75) is 67.6 Å². The molecule has 4 atom stereocenters. The fourth-order valence-electron chi connectivity index (χ4n) is 6.62. The number of nitrogens with one attached hydrogen (secondary N) is 6. The highest BCUT2D eigenvalue weighted by Gasteiger charge is 2.74. The van der Waals surface area contributed by atoms with E-state index in [-0.39, 0.29) is 73.8 Å². The molecule has 0 radical (unpaired) electrons. The molecule has 4 heterocycles. The number of fused-ring (bicyclic) bond motifs is 1. The van der Waals surface area contributed by atoms with Crippen LogP contribution in [0, 0.1) is 10.8 Å². The highest BCUT2D eigenvalue weighted by molar-refractivity contribution is 6.02. The molecular weight excluding hydrogens is 518 g/mol. The fourth-order valence-corrected chi connectivity index (χ4v) is 6.62. The second-order valence-electron chi connectivity index (χ2n) is 10.6. The van der Waals surface area contributed by atoms with Crippen LogP contribution in [0.25, 0.3) is 0 Å². The van der Waals surface area contributed by atoms with Crippen LogP contribution in [-0.2, 0) is 21.9 Å². The fraction of sp³-hybridized carbons (Fsp3) is 0.542. The number of hydrogen-bond donors (Lipinski definition) is 8. The van der Waals surface area contributed by atoms with E-state index in [0.29, 0.717) is 0 Å². The number of carbonyl (C=O) groups is 3. The summed E-state index contributed by atoms with van der Waals surface area (Å²) >= 11 is 0. The first kappa shape index (κ1) is 25.4. The lowest BCUT2D eigenvalue weighted by Crippen LogP contribution is -2.81. The van der Waals surface area contributed by atoms with E-state index in [9.17, 15) is 33.4 Å². The lowest BCUT2D eigenvalue weighted by Gasteiger charge is -2.51. The highest BCUT2D eigenvalue weighted by Crippen LogP contribution is 2.44. The molecule has 1 aromatic rings. The Morgan fingerprint density at radius 1 is 1.13 bits per heavy atom. The molecule has 1 aliphatic carbocycles. The topological polar surface area (TPSA) is 194 Å². The maximum absolute atomic E-state index is 14.5. The number of hydrogen-bond acceptors (Lipinski definition) is 7. The number of guanidine groups is 2. The van der Waals surface area contributed by atoms with Gasteiger partial charge in [-0.1, -0.05) is 12.1 Å². The Bertz CT molecular complexity index is 1310. The summed E-state index contributed by atoms with van der Waals surface area (Å²) in [6, 6.07) is 0.732. The van der Waals surface area contributed by atoms with Crippen LogP contribution < -0.4 is 21.3 Å². The van der Waals surface area contributed by atoms with Gasteiger partial charge in [-0.25, -0.2) is 8.78 Å². The maximum Gasteiger partial charge on any atom is 0.273 e. The average molecular weight is 547 g/mol. The minimum Gasteiger partial charge on any atom is -0.361 e. The highest BCUT2D eigenvalue weighted by atomic mass is 19.3. The molecule has 4 aliphatic heterocycles. The smallest absolute Gasteiger partial charge is 0.273 e. The van der Waals surface area contributed by atoms with Crippen molar-refractivity contribution in [3.63, 3.8) is 0 Å². The van der Waals surface area contributed by atoms with Crippen LogP contribution in [0.15, 0.2) is 18.2 Å². The van der Waals surface area contributed by atoms with Gasteiger partial charge in [0.1, 0.15) is 6.04 Å². The van der Waals surface area contributed by atoms with Crippen LogP contribution in [0.3, 0.4) is 0 Å². The zero-order chi connectivity index (χ0) is 27.9. The van der Waals surface area contributed by atoms with Crippen molar-refractivity contribution in [1.29, 1.82) is 10.8 Å². The largest absolute Gasteiger partial charge is 0.361 e. The molecule has 1 aromatic carbocycles. The molecule has 6 rings (SSSR count). The first-order valence-corrected chi connectivity index (χ1v) is 12.7. The van der Waals surface area contributed by atoms with Gasteiger partial charge in [0.2, 0.25) is 17.6 Å². The Morgan fingerprint density at radius 3 is 2.56 bits per heavy atom. The molecule has 8 N–H and O–H groups in total. The van der Waals surface area contributed by atoms with Gasteiger partial charge in [-0.3, -0.25) is 30.1 Å². The van der Waals surface area contributed by atoms with Crippen molar-refractivity contribution in [3.05, 3.63) is 34.9 Å². The molecule has 4 saturated heterocycles. The number of amides is 3. The molecule has 0 bridgehead atoms. The summed E-state index contributed by atoms with van der Waals surface area (Å²) in [7, 11) is 0. The molecule has 4 fully saturated rings. The van der Waals surface area contributed by atoms with E-state index in [1.54, 1.807) is 0 Å². The van der Waals surface area contributed by atoms with Crippen LogP contribution >= 0.6 is 0 Å². The zero-order valence-electron chi connectivity index (χ0n) is 20.7. The van der Waals surface area contributed by atoms with Gasteiger partial charge >= 0.3 is 0 Å². The summed E-state index contributed by atoms with van der Waals surface area (Å²) in [5.41, 5.74) is -1.94. The van der Waals surface area contributed by atoms with Crippen molar-refractivity contribution < 1.29 is 33.4 Å². The predicted octanol–water partition coefficient (Wildman–Crippen LogP) is -1.54. The molecule has 0 saturated carbocycles. The van der Waals surface area contributed by atoms with E-state index in [4.69, 9.17) is 10.8 Å². The third-order valence-electron chi connectivity index (χ3n) is 8.47. The van der Waals surface area contributed by atoms with Crippen LogP contribution in [0.5, 0.6) is 0 Å². The maximum atomic E-state index is 14.5. The number of halogens is 2. The number of alkyl halides is 2. The minimum absolute atomic E-state index is 0.00369. The monoisotopic (exact) mass is 546 g/mol. The molecule has 5 aliphatic rings. The number of imide groups is 1. The summed E-state index contributed by atoms with van der Waals surface area (Å²) in [6.45, 7) is -0.456. The molecule has 15 heteroatoms. The van der Waals surface area contributed by atoms with Gasteiger partial charge in [-0.05, 0) is 24.5 Å². The summed E-state index contributed by atoms with van der Waals surface area (Å²) < 4.78 is 29.0. The predicted molar refractivity (Wildman–Crippen MR) is 130 cm³/mol. The van der Waals surface area contributed by atoms with Crippen molar-refractivity contribution in [2.75, 3.05) is 13.1 Å². The lowest BCUT2D eigenvalue weighted by atomic mass is 9.84. The Balaban J connectivity index is 1.31. The van der Waals surface area contributed by atoms with Crippen LogP contribution in [0.4, 0.5) is 8.78 Å². The second-order valence-corrected chi connectivity index (χ2v) is 10.6. The van der Waals surface area contributed by atoms with Gasteiger partial charge in [0.05, 0.1) is 18.6 Å². The molecular formula is C24H28F2N8O5. The van der Waals surface area contributed by atoms with Gasteiger partial charge in [0.15, 0.2) is 17.6 Å². The lowest BCUT2D eigenvalue weighted by molar-refractivity contribution is -0.232. The zero-order valence-corrected chi connectivity index (χ0v) is 20.7. The summed E-state index contributed by atoms with van der Waals surface area (Å²) in [6.07, 6.45) is 0.255. The van der Waals surface area contributed by atoms with Crippen molar-refractivity contribution in [2.24, 2.45) is 0 Å². The number of carbonyl (C=O) groups excluding carboxylic acids is 3. The Kier molecular flexibility index (Phi) is 5.43. The Morgan fingerprint density at radius 2 is 1.85 bits per heavy atom. The molecule has 2 unspecified atom stereocenters. The summed E-state index contributed by atoms with van der Waals surface area (Å²) in [5, 5.41) is 50.8. The Hall–Kier alpha value is -3.85. The first-order chi connectivity index (χ1) is 18.4. The van der Waals surface area contributed by atoms with E-state index in [0.717, 1.165) is 4.90 Å². The van der Waals surface area contributed by atoms with Crippen LogP contribution in [0.1, 0.15) is 47.2 Å². The molecule has 1 spiro atoms. The van der Waals surface area contributed by atoms with Crippen LogP contribution in [0.2, 0.25) is 0 Å². The van der Waals surface area contributed by atoms with Crippen molar-refractivity contribution >= 4 is 29.6 Å². The molecule has 39 heavy (non-hydrogen) atoms. The normalized spacial score (nSPS) is 32.2. The first-order valence-electron chi connectivity index (χ1n) is 12.7. The molecule has 0 aromatic heterocycles. The van der Waals surface area contributed by atoms with E-state index in [2.05, 4.69) is 21.3 Å². The van der Waals surface area contributed by atoms with Gasteiger partial charge in [-0.2, -0.15) is 0 Å². The average Bonchev–Trinajstić information content (AvgIpc) is 3.46. The van der Waals surface area contributed by atoms with Gasteiger partial charge in [0, 0.05) is 36.9 Å². The second kappa shape index (κ2) is 8.32. The molecule has 3 amide bonds. The standard InChI is InChI=1S/C24H28F2N8O5/c25-22(26)8-2-4-11-12(3-1-5-13(11)22)19(37)30-15-10-34-21(28)29-14(9-33-16(35)6-7-17(33)36)18-23(34,24(15,38)39)32-20(27)31-18/h1,3,5,14-15,18,38-39H,2,4,6-10H2,(H2,28,29)(H,30,37)(H3,27,31,32)/t14-,15?,18-,23?/m0/s1. The van der Waals surface area contributed by atoms with E-state index < -0.39 is 53.2 Å². The van der Waals surface area contributed by atoms with Gasteiger partial charge < -0.3 is 36.4 Å². The third-order valence-corrected chi connectivity index (χ3v) is 8.47. The molecule has 208 valence electrons. The van der Waals surface area contributed by atoms with Crippen molar-refractivity contribution in [1.82, 2.24) is 31.1 Å². The number of nitrogens with zero attached hydrogens (tertiary/aromatic N) is 2. The number of rotatable bonds is 4. The van der Waals surface area contributed by atoms with E-state index in [1.807, 2.05) is 0 Å².